The van der Waals surface area contributed by atoms with Crippen LogP contribution in [0.25, 0.3) is 6.08 Å². The number of aryl methyl sites for hydroxylation is 1. The summed E-state index contributed by atoms with van der Waals surface area (Å²) in [6, 6.07) is 11.2. The Hall–Kier alpha value is -2.25. The molecule has 0 spiro atoms. The number of rotatable bonds is 7. The molecule has 4 rings (SSSR count). The second kappa shape index (κ2) is 11.4. The smallest absolute Gasteiger partial charge is 0.338 e. The van der Waals surface area contributed by atoms with E-state index >= 15 is 0 Å². The standard InChI is InChI=1S/C27H24I2N2O4S/c1-5-11-35-24-19(28)12-17(13-20(24)29)14-21-25(32)31-23(18-9-7-15(3)8-10-18)22(26(33)34-6-2)16(4)30-27(31)36-21/h5,7-10,12-14,23H,1,6,11H2,2-4H3/b21-14-/t23-/m1/s1. The number of benzene rings is 2. The van der Waals surface area contributed by atoms with Crippen molar-refractivity contribution in [1.82, 2.24) is 4.57 Å². The normalized spacial score (nSPS) is 15.4. The average molecular weight is 726 g/mol. The average Bonchev–Trinajstić information content (AvgIpc) is 3.12. The molecule has 6 nitrogen and oxygen atoms in total. The molecular weight excluding hydrogens is 702 g/mol. The number of hydrogen-bond acceptors (Lipinski definition) is 6. The highest BCUT2D eigenvalue weighted by atomic mass is 127. The zero-order valence-electron chi connectivity index (χ0n) is 20.0. The molecule has 0 N–H and O–H groups in total. The van der Waals surface area contributed by atoms with Crippen molar-refractivity contribution in [2.45, 2.75) is 26.8 Å². The fourth-order valence-electron chi connectivity index (χ4n) is 3.95. The van der Waals surface area contributed by atoms with E-state index in [-0.39, 0.29) is 12.2 Å². The molecule has 1 aliphatic heterocycles. The fourth-order valence-corrected chi connectivity index (χ4v) is 7.12. The molecule has 3 aromatic rings. The van der Waals surface area contributed by atoms with Crippen molar-refractivity contribution >= 4 is 68.6 Å². The summed E-state index contributed by atoms with van der Waals surface area (Å²) in [5.74, 6) is 0.335. The minimum absolute atomic E-state index is 0.198. The van der Waals surface area contributed by atoms with Crippen molar-refractivity contribution in [3.8, 4) is 5.75 Å². The molecule has 0 radical (unpaired) electrons. The summed E-state index contributed by atoms with van der Waals surface area (Å²) in [5, 5.41) is 0. The first-order valence-corrected chi connectivity index (χ1v) is 14.2. The van der Waals surface area contributed by atoms with Crippen molar-refractivity contribution in [1.29, 1.82) is 0 Å². The molecule has 0 amide bonds. The maximum Gasteiger partial charge on any atom is 0.338 e. The van der Waals surface area contributed by atoms with Gasteiger partial charge in [-0.05, 0) is 95.3 Å². The molecule has 0 saturated carbocycles. The van der Waals surface area contributed by atoms with Gasteiger partial charge in [0.2, 0.25) is 0 Å². The van der Waals surface area contributed by atoms with Gasteiger partial charge in [0.1, 0.15) is 12.4 Å². The van der Waals surface area contributed by atoms with E-state index < -0.39 is 12.0 Å². The van der Waals surface area contributed by atoms with Crippen LogP contribution in [-0.4, -0.2) is 23.8 Å². The number of carbonyl (C=O) groups excluding carboxylic acids is 1. The number of fused-ring (bicyclic) bond motifs is 1. The number of thiazole rings is 1. The van der Waals surface area contributed by atoms with Crippen LogP contribution in [-0.2, 0) is 9.53 Å². The summed E-state index contributed by atoms with van der Waals surface area (Å²) in [7, 11) is 0. The number of halogens is 2. The lowest BCUT2D eigenvalue weighted by Crippen LogP contribution is -2.39. The van der Waals surface area contributed by atoms with Gasteiger partial charge in [-0.15, -0.1) is 0 Å². The van der Waals surface area contributed by atoms with Crippen molar-refractivity contribution in [3.05, 3.63) is 104 Å². The van der Waals surface area contributed by atoms with Crippen molar-refractivity contribution in [2.75, 3.05) is 13.2 Å². The molecule has 0 saturated heterocycles. The summed E-state index contributed by atoms with van der Waals surface area (Å²) < 4.78 is 15.2. The Morgan fingerprint density at radius 1 is 1.19 bits per heavy atom. The number of nitrogens with zero attached hydrogens (tertiary/aromatic N) is 2. The van der Waals surface area contributed by atoms with Crippen LogP contribution in [0, 0.1) is 14.1 Å². The SMILES string of the molecule is C=CCOc1c(I)cc(/C=c2\sc3n(c2=O)[C@H](c2ccc(C)cc2)C(C(=O)OCC)=C(C)N=3)cc1I. The Bertz CT molecular complexity index is 1530. The number of carbonyl (C=O) groups is 1. The number of allylic oxidation sites excluding steroid dienone is 1. The molecule has 1 aromatic heterocycles. The highest BCUT2D eigenvalue weighted by molar-refractivity contribution is 14.1. The third-order valence-corrected chi connectivity index (χ3v) is 8.16. The number of hydrogen-bond donors (Lipinski definition) is 0. The molecule has 186 valence electrons. The van der Waals surface area contributed by atoms with Gasteiger partial charge in [0.15, 0.2) is 4.80 Å². The third kappa shape index (κ3) is 5.37. The Morgan fingerprint density at radius 2 is 1.86 bits per heavy atom. The zero-order chi connectivity index (χ0) is 26.0. The van der Waals surface area contributed by atoms with Crippen LogP contribution in [0.2, 0.25) is 0 Å². The van der Waals surface area contributed by atoms with Crippen molar-refractivity contribution < 1.29 is 14.3 Å². The van der Waals surface area contributed by atoms with Crippen LogP contribution in [0.1, 0.15) is 36.6 Å². The Morgan fingerprint density at radius 3 is 2.47 bits per heavy atom. The monoisotopic (exact) mass is 726 g/mol. The van der Waals surface area contributed by atoms with Gasteiger partial charge < -0.3 is 9.47 Å². The molecule has 1 aliphatic rings. The zero-order valence-corrected chi connectivity index (χ0v) is 25.1. The summed E-state index contributed by atoms with van der Waals surface area (Å²) in [4.78, 5) is 31.9. The first-order valence-electron chi connectivity index (χ1n) is 11.2. The van der Waals surface area contributed by atoms with Crippen LogP contribution in [0.3, 0.4) is 0 Å². The fraction of sp³-hybridized carbons (Fsp3) is 0.222. The lowest BCUT2D eigenvalue weighted by molar-refractivity contribution is -0.139. The molecule has 9 heteroatoms. The van der Waals surface area contributed by atoms with E-state index in [1.54, 1.807) is 24.5 Å². The summed E-state index contributed by atoms with van der Waals surface area (Å²) in [5.41, 5.74) is 3.55. The maximum absolute atomic E-state index is 13.7. The minimum Gasteiger partial charge on any atom is -0.487 e. The van der Waals surface area contributed by atoms with Gasteiger partial charge in [-0.3, -0.25) is 9.36 Å². The molecular formula is C27H24I2N2O4S. The van der Waals surface area contributed by atoms with Crippen molar-refractivity contribution in [3.63, 3.8) is 0 Å². The highest BCUT2D eigenvalue weighted by Gasteiger charge is 2.33. The molecule has 36 heavy (non-hydrogen) atoms. The van der Waals surface area contributed by atoms with Crippen LogP contribution in [0.5, 0.6) is 5.75 Å². The van der Waals surface area contributed by atoms with Gasteiger partial charge in [-0.2, -0.15) is 0 Å². The lowest BCUT2D eigenvalue weighted by atomic mass is 9.95. The van der Waals surface area contributed by atoms with E-state index in [0.717, 1.165) is 29.6 Å². The van der Waals surface area contributed by atoms with Gasteiger partial charge >= 0.3 is 5.97 Å². The molecule has 1 atom stereocenters. The summed E-state index contributed by atoms with van der Waals surface area (Å²) >= 11 is 5.78. The molecule has 2 aromatic carbocycles. The molecule has 0 unspecified atom stereocenters. The minimum atomic E-state index is -0.613. The van der Waals surface area contributed by atoms with E-state index in [9.17, 15) is 9.59 Å². The molecule has 0 fully saturated rings. The van der Waals surface area contributed by atoms with Crippen LogP contribution in [0.15, 0.2) is 70.1 Å². The lowest BCUT2D eigenvalue weighted by Gasteiger charge is -2.24. The summed E-state index contributed by atoms with van der Waals surface area (Å²) in [6.07, 6.45) is 3.57. The number of esters is 1. The van der Waals surface area contributed by atoms with Gasteiger partial charge in [-0.1, -0.05) is 53.8 Å². The van der Waals surface area contributed by atoms with E-state index in [2.05, 4.69) is 56.8 Å². The van der Waals surface area contributed by atoms with E-state index in [4.69, 9.17) is 9.47 Å². The first-order chi connectivity index (χ1) is 17.2. The molecule has 0 bridgehead atoms. The predicted molar refractivity (Wildman–Crippen MR) is 159 cm³/mol. The second-order valence-electron chi connectivity index (χ2n) is 8.13. The van der Waals surface area contributed by atoms with Gasteiger partial charge in [0, 0.05) is 0 Å². The Labute approximate surface area is 240 Å². The number of aromatic nitrogens is 1. The summed E-state index contributed by atoms with van der Waals surface area (Å²) in [6.45, 7) is 9.92. The molecule has 0 aliphatic carbocycles. The quantitative estimate of drug-likeness (QED) is 0.198. The highest BCUT2D eigenvalue weighted by Crippen LogP contribution is 2.31. The predicted octanol–water partition coefficient (Wildman–Crippen LogP) is 4.88. The second-order valence-corrected chi connectivity index (χ2v) is 11.5. The van der Waals surface area contributed by atoms with Crippen LogP contribution < -0.4 is 19.6 Å². The van der Waals surface area contributed by atoms with Crippen LogP contribution in [0.4, 0.5) is 0 Å². The van der Waals surface area contributed by atoms with Crippen molar-refractivity contribution in [2.24, 2.45) is 4.99 Å². The Balaban J connectivity index is 1.89. The number of ether oxygens (including phenoxy) is 2. The van der Waals surface area contributed by atoms with Crippen LogP contribution >= 0.6 is 56.5 Å². The van der Waals surface area contributed by atoms with Gasteiger partial charge in [-0.25, -0.2) is 9.79 Å². The van der Waals surface area contributed by atoms with E-state index in [1.165, 1.54) is 11.3 Å². The Kier molecular flexibility index (Phi) is 8.51. The third-order valence-electron chi connectivity index (χ3n) is 5.57. The van der Waals surface area contributed by atoms with Gasteiger partial charge in [0.05, 0.1) is 35.6 Å². The molecule has 2 heterocycles. The topological polar surface area (TPSA) is 69.9 Å². The van der Waals surface area contributed by atoms with E-state index in [1.807, 2.05) is 49.4 Å². The first kappa shape index (κ1) is 26.8. The van der Waals surface area contributed by atoms with Gasteiger partial charge in [0.25, 0.3) is 5.56 Å². The van der Waals surface area contributed by atoms with E-state index in [0.29, 0.717) is 27.2 Å². The maximum atomic E-state index is 13.7. The largest absolute Gasteiger partial charge is 0.487 e.